The van der Waals surface area contributed by atoms with E-state index in [0.29, 0.717) is 10.9 Å². The topological polar surface area (TPSA) is 82.9 Å². The van der Waals surface area contributed by atoms with Gasteiger partial charge in [-0.1, -0.05) is 60.3 Å². The molecule has 126 valence electrons. The summed E-state index contributed by atoms with van der Waals surface area (Å²) in [6.45, 7) is 0. The molecule has 1 atom stereocenters. The number of nitrogens with zero attached hydrogens (tertiary/aromatic N) is 2. The van der Waals surface area contributed by atoms with Gasteiger partial charge in [-0.05, 0) is 17.7 Å². The van der Waals surface area contributed by atoms with E-state index >= 15 is 0 Å². The van der Waals surface area contributed by atoms with Crippen molar-refractivity contribution in [2.45, 2.75) is 11.7 Å². The van der Waals surface area contributed by atoms with E-state index in [4.69, 9.17) is 0 Å². The fourth-order valence-corrected chi connectivity index (χ4v) is 3.11. The highest BCUT2D eigenvalue weighted by molar-refractivity contribution is 8.15. The summed E-state index contributed by atoms with van der Waals surface area (Å²) in [5, 5.41) is 13.2. The van der Waals surface area contributed by atoms with E-state index in [1.165, 1.54) is 11.8 Å². The standard InChI is InChI=1S/C18H16N4O2S/c23-16-11-15(17(24)20-14-9-5-2-6-10-14)25-18(21-16)22-19-12-13-7-3-1-4-8-13/h1-10,12,15H,11H2,(H,20,24)(H,21,22,23). The minimum absolute atomic E-state index is 0.102. The second-order valence-electron chi connectivity index (χ2n) is 5.27. The van der Waals surface area contributed by atoms with E-state index in [1.54, 1.807) is 18.3 Å². The summed E-state index contributed by atoms with van der Waals surface area (Å²) in [7, 11) is 0. The van der Waals surface area contributed by atoms with Gasteiger partial charge in [0, 0.05) is 12.1 Å². The van der Waals surface area contributed by atoms with Crippen LogP contribution < -0.4 is 10.6 Å². The number of anilines is 1. The summed E-state index contributed by atoms with van der Waals surface area (Å²) < 4.78 is 0. The molecule has 3 rings (SSSR count). The Morgan fingerprint density at radius 1 is 1.12 bits per heavy atom. The first-order valence-corrected chi connectivity index (χ1v) is 8.57. The van der Waals surface area contributed by atoms with Gasteiger partial charge in [0.05, 0.1) is 6.21 Å². The van der Waals surface area contributed by atoms with Crippen molar-refractivity contribution in [3.63, 3.8) is 0 Å². The highest BCUT2D eigenvalue weighted by atomic mass is 32.2. The third kappa shape index (κ3) is 5.02. The zero-order valence-corrected chi connectivity index (χ0v) is 14.1. The first-order valence-electron chi connectivity index (χ1n) is 7.69. The van der Waals surface area contributed by atoms with Crippen molar-refractivity contribution in [3.8, 4) is 0 Å². The van der Waals surface area contributed by atoms with Crippen LogP contribution in [0.1, 0.15) is 12.0 Å². The number of benzene rings is 2. The molecule has 0 aromatic heterocycles. The van der Waals surface area contributed by atoms with Gasteiger partial charge in [0.2, 0.25) is 11.8 Å². The second-order valence-corrected chi connectivity index (χ2v) is 6.47. The molecule has 0 aliphatic carbocycles. The number of carbonyl (C=O) groups excluding carboxylic acids is 2. The summed E-state index contributed by atoms with van der Waals surface area (Å²) in [5.74, 6) is -0.480. The Balaban J connectivity index is 1.64. The van der Waals surface area contributed by atoms with Crippen molar-refractivity contribution in [2.75, 3.05) is 5.32 Å². The zero-order chi connectivity index (χ0) is 17.5. The Labute approximate surface area is 149 Å². The number of amidine groups is 1. The lowest BCUT2D eigenvalue weighted by molar-refractivity contribution is -0.123. The van der Waals surface area contributed by atoms with Gasteiger partial charge in [-0.15, -0.1) is 5.10 Å². The van der Waals surface area contributed by atoms with Crippen LogP contribution in [-0.2, 0) is 9.59 Å². The number of carbonyl (C=O) groups is 2. The lowest BCUT2D eigenvalue weighted by Crippen LogP contribution is -2.41. The molecular formula is C18H16N4O2S. The van der Waals surface area contributed by atoms with Crippen LogP contribution >= 0.6 is 11.8 Å². The molecule has 1 fully saturated rings. The summed E-state index contributed by atoms with van der Waals surface area (Å²) in [5.41, 5.74) is 1.59. The third-order valence-corrected chi connectivity index (χ3v) is 4.43. The van der Waals surface area contributed by atoms with E-state index in [1.807, 2.05) is 48.5 Å². The number of amides is 2. The van der Waals surface area contributed by atoms with Gasteiger partial charge in [-0.3, -0.25) is 9.59 Å². The van der Waals surface area contributed by atoms with Crippen molar-refractivity contribution in [1.82, 2.24) is 5.32 Å². The molecule has 25 heavy (non-hydrogen) atoms. The van der Waals surface area contributed by atoms with Crippen molar-refractivity contribution in [2.24, 2.45) is 10.2 Å². The molecule has 0 spiro atoms. The van der Waals surface area contributed by atoms with Crippen LogP contribution in [0.2, 0.25) is 0 Å². The van der Waals surface area contributed by atoms with Crippen molar-refractivity contribution in [1.29, 1.82) is 0 Å². The van der Waals surface area contributed by atoms with E-state index in [9.17, 15) is 9.59 Å². The van der Waals surface area contributed by atoms with Gasteiger partial charge in [-0.25, -0.2) is 0 Å². The van der Waals surface area contributed by atoms with Crippen LogP contribution in [0.4, 0.5) is 5.69 Å². The van der Waals surface area contributed by atoms with Crippen LogP contribution in [0.3, 0.4) is 0 Å². The number of hydrogen-bond acceptors (Lipinski definition) is 5. The molecule has 1 heterocycles. The Morgan fingerprint density at radius 3 is 2.52 bits per heavy atom. The van der Waals surface area contributed by atoms with Crippen LogP contribution in [-0.4, -0.2) is 28.4 Å². The predicted molar refractivity (Wildman–Crippen MR) is 101 cm³/mol. The average molecular weight is 352 g/mol. The number of para-hydroxylation sites is 1. The molecule has 7 heteroatoms. The predicted octanol–water partition coefficient (Wildman–Crippen LogP) is 2.64. The van der Waals surface area contributed by atoms with E-state index in [0.717, 1.165) is 5.56 Å². The monoisotopic (exact) mass is 352 g/mol. The van der Waals surface area contributed by atoms with Crippen LogP contribution in [0.25, 0.3) is 0 Å². The molecule has 0 saturated carbocycles. The zero-order valence-electron chi connectivity index (χ0n) is 13.3. The molecule has 2 N–H and O–H groups in total. The molecule has 0 radical (unpaired) electrons. The molecule has 2 aromatic carbocycles. The van der Waals surface area contributed by atoms with Gasteiger partial charge in [-0.2, -0.15) is 5.10 Å². The maximum Gasteiger partial charge on any atom is 0.238 e. The third-order valence-electron chi connectivity index (χ3n) is 3.36. The summed E-state index contributed by atoms with van der Waals surface area (Å²) >= 11 is 1.19. The summed E-state index contributed by atoms with van der Waals surface area (Å²) in [6, 6.07) is 18.6. The van der Waals surface area contributed by atoms with Crippen LogP contribution in [0.5, 0.6) is 0 Å². The number of thioether (sulfide) groups is 1. The van der Waals surface area contributed by atoms with Gasteiger partial charge in [0.1, 0.15) is 5.25 Å². The summed E-state index contributed by atoms with van der Waals surface area (Å²) in [6.07, 6.45) is 1.69. The molecule has 6 nitrogen and oxygen atoms in total. The van der Waals surface area contributed by atoms with E-state index in [2.05, 4.69) is 20.8 Å². The Morgan fingerprint density at radius 2 is 1.80 bits per heavy atom. The Bertz CT molecular complexity index is 806. The lowest BCUT2D eigenvalue weighted by Gasteiger charge is -2.21. The highest BCUT2D eigenvalue weighted by Gasteiger charge is 2.30. The maximum absolute atomic E-state index is 12.3. The second kappa shape index (κ2) is 8.25. The fraction of sp³-hybridized carbons (Fsp3) is 0.111. The van der Waals surface area contributed by atoms with Gasteiger partial charge in [0.15, 0.2) is 5.17 Å². The Hall–Kier alpha value is -2.93. The summed E-state index contributed by atoms with van der Waals surface area (Å²) in [4.78, 5) is 24.2. The van der Waals surface area contributed by atoms with Gasteiger partial charge < -0.3 is 10.6 Å². The normalized spacial score (nSPS) is 19.0. The first kappa shape index (κ1) is 16.9. The van der Waals surface area contributed by atoms with Crippen molar-refractivity contribution < 1.29 is 9.59 Å². The van der Waals surface area contributed by atoms with Crippen molar-refractivity contribution >= 4 is 40.6 Å². The minimum atomic E-state index is -0.542. The van der Waals surface area contributed by atoms with Crippen LogP contribution in [0, 0.1) is 0 Å². The molecule has 1 unspecified atom stereocenters. The van der Waals surface area contributed by atoms with E-state index in [-0.39, 0.29) is 18.2 Å². The smallest absolute Gasteiger partial charge is 0.238 e. The molecule has 0 bridgehead atoms. The SMILES string of the molecule is O=C1CC(C(=O)Nc2ccccc2)S/C(=N/N=Cc2ccccc2)N1. The fourth-order valence-electron chi connectivity index (χ4n) is 2.17. The minimum Gasteiger partial charge on any atom is -0.325 e. The van der Waals surface area contributed by atoms with Crippen molar-refractivity contribution in [3.05, 3.63) is 66.2 Å². The number of rotatable bonds is 4. The molecule has 1 saturated heterocycles. The van der Waals surface area contributed by atoms with Crippen LogP contribution in [0.15, 0.2) is 70.9 Å². The maximum atomic E-state index is 12.3. The lowest BCUT2D eigenvalue weighted by atomic mass is 10.2. The highest BCUT2D eigenvalue weighted by Crippen LogP contribution is 2.22. The molecule has 1 aliphatic heterocycles. The molecule has 2 aromatic rings. The molecular weight excluding hydrogens is 336 g/mol. The largest absolute Gasteiger partial charge is 0.325 e. The van der Waals surface area contributed by atoms with Gasteiger partial charge in [0.25, 0.3) is 0 Å². The number of nitrogens with one attached hydrogen (secondary N) is 2. The van der Waals surface area contributed by atoms with E-state index < -0.39 is 5.25 Å². The first-order chi connectivity index (χ1) is 12.2. The molecule has 2 amide bonds. The number of hydrogen-bond donors (Lipinski definition) is 2. The Kier molecular flexibility index (Phi) is 5.58. The van der Waals surface area contributed by atoms with Gasteiger partial charge >= 0.3 is 0 Å². The average Bonchev–Trinajstić information content (AvgIpc) is 2.63. The quantitative estimate of drug-likeness (QED) is 0.655. The molecule has 1 aliphatic rings.